The average Bonchev–Trinajstić information content (AvgIpc) is 2.34. The quantitative estimate of drug-likeness (QED) is 0.245. The average molecular weight is 268 g/mol. The van der Waals surface area contributed by atoms with Crippen LogP contribution in [0.2, 0.25) is 0 Å². The van der Waals surface area contributed by atoms with Crippen molar-refractivity contribution in [3.05, 3.63) is 24.3 Å². The number of rotatable bonds is 11. The Bertz CT molecular complexity index is 294. The summed E-state index contributed by atoms with van der Waals surface area (Å²) in [4.78, 5) is 11.7. The van der Waals surface area contributed by atoms with E-state index >= 15 is 0 Å². The van der Waals surface area contributed by atoms with E-state index in [9.17, 15) is 4.79 Å². The van der Waals surface area contributed by atoms with Crippen LogP contribution in [0.3, 0.4) is 0 Å². The van der Waals surface area contributed by atoms with Gasteiger partial charge in [0.25, 0.3) is 0 Å². The minimum absolute atomic E-state index is 0.0535. The molecule has 0 fully saturated rings. The molecule has 3 heteroatoms. The van der Waals surface area contributed by atoms with Crippen LogP contribution in [-0.4, -0.2) is 25.3 Å². The lowest BCUT2D eigenvalue weighted by atomic mass is 10.1. The maximum Gasteiger partial charge on any atom is 0.336 e. The Hall–Kier alpha value is -1.09. The molecular weight excluding hydrogens is 240 g/mol. The molecule has 0 saturated carbocycles. The number of ether oxygens (including phenoxy) is 2. The number of carbonyl (C=O) groups excluding carboxylic acids is 1. The van der Waals surface area contributed by atoms with Crippen LogP contribution in [-0.2, 0) is 14.3 Å². The summed E-state index contributed by atoms with van der Waals surface area (Å²) in [7, 11) is 0. The molecule has 0 aromatic rings. The van der Waals surface area contributed by atoms with Gasteiger partial charge in [-0.25, -0.2) is 4.79 Å². The Morgan fingerprint density at radius 2 is 1.84 bits per heavy atom. The van der Waals surface area contributed by atoms with Gasteiger partial charge < -0.3 is 9.47 Å². The molecule has 0 aromatic heterocycles. The molecule has 0 N–H and O–H groups in total. The Morgan fingerprint density at radius 1 is 1.16 bits per heavy atom. The second-order valence-electron chi connectivity index (χ2n) is 5.12. The van der Waals surface area contributed by atoms with Crippen LogP contribution in [0.25, 0.3) is 0 Å². The van der Waals surface area contributed by atoms with E-state index in [-0.39, 0.29) is 18.7 Å². The van der Waals surface area contributed by atoms with Crippen molar-refractivity contribution >= 4 is 5.97 Å². The lowest BCUT2D eigenvalue weighted by Crippen LogP contribution is -2.18. The second kappa shape index (κ2) is 10.8. The number of hydrogen-bond donors (Lipinski definition) is 0. The van der Waals surface area contributed by atoms with E-state index in [1.807, 2.05) is 13.8 Å². The van der Waals surface area contributed by atoms with Crippen LogP contribution in [0.4, 0.5) is 0 Å². The van der Waals surface area contributed by atoms with Crippen molar-refractivity contribution in [2.24, 2.45) is 0 Å². The molecule has 1 atom stereocenters. The van der Waals surface area contributed by atoms with Gasteiger partial charge in [0.1, 0.15) is 0 Å². The van der Waals surface area contributed by atoms with Crippen LogP contribution in [0.5, 0.6) is 0 Å². The van der Waals surface area contributed by atoms with Gasteiger partial charge in [-0.1, -0.05) is 44.9 Å². The van der Waals surface area contributed by atoms with Crippen LogP contribution >= 0.6 is 0 Å². The summed E-state index contributed by atoms with van der Waals surface area (Å²) in [5.41, 5.74) is 1.28. The predicted molar refractivity (Wildman–Crippen MR) is 79.1 cm³/mol. The molecule has 19 heavy (non-hydrogen) atoms. The molecule has 0 saturated heterocycles. The zero-order chi connectivity index (χ0) is 14.7. The summed E-state index contributed by atoms with van der Waals surface area (Å²) >= 11 is 0. The molecule has 3 nitrogen and oxygen atoms in total. The van der Waals surface area contributed by atoms with Gasteiger partial charge in [-0.2, -0.15) is 0 Å². The van der Waals surface area contributed by atoms with E-state index in [4.69, 9.17) is 9.47 Å². The van der Waals surface area contributed by atoms with Crippen molar-refractivity contribution in [2.45, 2.75) is 59.0 Å². The third-order valence-electron chi connectivity index (χ3n) is 2.69. The topological polar surface area (TPSA) is 35.5 Å². The molecule has 0 aromatic carbocycles. The Kier molecular flexibility index (Phi) is 10.2. The summed E-state index contributed by atoms with van der Waals surface area (Å²) in [6.07, 6.45) is 5.60. The molecule has 0 spiro atoms. The lowest BCUT2D eigenvalue weighted by molar-refractivity contribution is -0.144. The zero-order valence-corrected chi connectivity index (χ0v) is 12.7. The number of esters is 1. The van der Waals surface area contributed by atoms with E-state index < -0.39 is 0 Å². The molecule has 0 amide bonds. The first-order valence-electron chi connectivity index (χ1n) is 7.08. The van der Waals surface area contributed by atoms with Crippen molar-refractivity contribution in [3.8, 4) is 0 Å². The number of carbonyl (C=O) groups is 1. The molecule has 110 valence electrons. The molecular formula is C16H28O3. The van der Waals surface area contributed by atoms with Crippen LogP contribution < -0.4 is 0 Å². The van der Waals surface area contributed by atoms with Gasteiger partial charge in [-0.05, 0) is 26.7 Å². The first-order valence-corrected chi connectivity index (χ1v) is 7.08. The highest BCUT2D eigenvalue weighted by molar-refractivity contribution is 5.88. The largest absolute Gasteiger partial charge is 0.459 e. The molecule has 0 radical (unpaired) electrons. The Balaban J connectivity index is 3.75. The van der Waals surface area contributed by atoms with Crippen LogP contribution in [0.15, 0.2) is 24.3 Å². The van der Waals surface area contributed by atoms with Gasteiger partial charge in [-0.15, -0.1) is 0 Å². The molecule has 0 aliphatic heterocycles. The number of unbranched alkanes of at least 4 members (excludes halogenated alkanes) is 3. The van der Waals surface area contributed by atoms with E-state index in [2.05, 4.69) is 20.1 Å². The van der Waals surface area contributed by atoms with Gasteiger partial charge in [-0.3, -0.25) is 0 Å². The molecule has 0 heterocycles. The SMILES string of the molecule is C=C(C)COCC(=C)C(=O)OC(C)CCCCCC. The van der Waals surface area contributed by atoms with Crippen molar-refractivity contribution in [1.29, 1.82) is 0 Å². The van der Waals surface area contributed by atoms with Gasteiger partial charge in [0.05, 0.1) is 24.9 Å². The summed E-state index contributed by atoms with van der Waals surface area (Å²) in [5, 5.41) is 0. The first-order chi connectivity index (χ1) is 8.97. The third kappa shape index (κ3) is 10.5. The fourth-order valence-electron chi connectivity index (χ4n) is 1.59. The monoisotopic (exact) mass is 268 g/mol. The van der Waals surface area contributed by atoms with Gasteiger partial charge in [0, 0.05) is 0 Å². The molecule has 0 bridgehead atoms. The van der Waals surface area contributed by atoms with Crippen LogP contribution in [0.1, 0.15) is 52.9 Å². The van der Waals surface area contributed by atoms with Crippen molar-refractivity contribution in [1.82, 2.24) is 0 Å². The first kappa shape index (κ1) is 17.9. The fraction of sp³-hybridized carbons (Fsp3) is 0.688. The number of hydrogen-bond acceptors (Lipinski definition) is 3. The van der Waals surface area contributed by atoms with E-state index in [0.717, 1.165) is 18.4 Å². The van der Waals surface area contributed by atoms with Gasteiger partial charge >= 0.3 is 5.97 Å². The zero-order valence-electron chi connectivity index (χ0n) is 12.7. The highest BCUT2D eigenvalue weighted by Crippen LogP contribution is 2.09. The minimum Gasteiger partial charge on any atom is -0.459 e. The summed E-state index contributed by atoms with van der Waals surface area (Å²) < 4.78 is 10.6. The summed E-state index contributed by atoms with van der Waals surface area (Å²) in [6.45, 7) is 14.0. The molecule has 0 aliphatic carbocycles. The lowest BCUT2D eigenvalue weighted by Gasteiger charge is -2.14. The highest BCUT2D eigenvalue weighted by atomic mass is 16.5. The minimum atomic E-state index is -0.357. The van der Waals surface area contributed by atoms with Gasteiger partial charge in [0.2, 0.25) is 0 Å². The maximum atomic E-state index is 11.7. The molecule has 0 rings (SSSR count). The van der Waals surface area contributed by atoms with E-state index in [1.54, 1.807) is 0 Å². The Labute approximate surface area is 117 Å². The van der Waals surface area contributed by atoms with Crippen LogP contribution in [0, 0.1) is 0 Å². The highest BCUT2D eigenvalue weighted by Gasteiger charge is 2.13. The van der Waals surface area contributed by atoms with Crippen molar-refractivity contribution in [2.75, 3.05) is 13.2 Å². The summed E-state index contributed by atoms with van der Waals surface area (Å²) in [6, 6.07) is 0. The van der Waals surface area contributed by atoms with Gasteiger partial charge in [0.15, 0.2) is 0 Å². The maximum absolute atomic E-state index is 11.7. The van der Waals surface area contributed by atoms with Crippen molar-refractivity contribution in [3.63, 3.8) is 0 Å². The smallest absolute Gasteiger partial charge is 0.336 e. The fourth-order valence-corrected chi connectivity index (χ4v) is 1.59. The van der Waals surface area contributed by atoms with E-state index in [1.165, 1.54) is 19.3 Å². The standard InChI is InChI=1S/C16H28O3/c1-6-7-8-9-10-15(5)19-16(17)14(4)12-18-11-13(2)3/h15H,2,4,6-12H2,1,3,5H3. The Morgan fingerprint density at radius 3 is 2.42 bits per heavy atom. The normalized spacial score (nSPS) is 11.9. The predicted octanol–water partition coefficient (Wildman–Crippen LogP) is 4.04. The second-order valence-corrected chi connectivity index (χ2v) is 5.12. The third-order valence-corrected chi connectivity index (χ3v) is 2.69. The molecule has 0 aliphatic rings. The van der Waals surface area contributed by atoms with Crippen molar-refractivity contribution < 1.29 is 14.3 Å². The molecule has 1 unspecified atom stereocenters. The summed E-state index contributed by atoms with van der Waals surface area (Å²) in [5.74, 6) is -0.357. The van der Waals surface area contributed by atoms with E-state index in [0.29, 0.717) is 12.2 Å².